The summed E-state index contributed by atoms with van der Waals surface area (Å²) in [6, 6.07) is 8.32. The lowest BCUT2D eigenvalue weighted by atomic mass is 9.92. The minimum absolute atomic E-state index is 0.0872. The number of hydrogen-bond acceptors (Lipinski definition) is 2. The molecule has 0 aliphatic carbocycles. The molecule has 0 spiro atoms. The van der Waals surface area contributed by atoms with Gasteiger partial charge in [-0.25, -0.2) is 0 Å². The Labute approximate surface area is 110 Å². The molecule has 100 valence electrons. The molecule has 0 aliphatic heterocycles. The minimum Gasteiger partial charge on any atom is -0.353 e. The number of carbonyl (C=O) groups is 1. The first kappa shape index (κ1) is 14.7. The van der Waals surface area contributed by atoms with Crippen molar-refractivity contribution in [1.82, 2.24) is 5.32 Å². The van der Waals surface area contributed by atoms with Crippen LogP contribution in [0, 0.1) is 6.92 Å². The SMILES string of the molecule is Cc1cccc(C(CCCN)C(=O)NC(C)C)c1. The van der Waals surface area contributed by atoms with Crippen molar-refractivity contribution in [1.29, 1.82) is 0 Å². The molecule has 1 rings (SSSR count). The third-order valence-corrected chi connectivity index (χ3v) is 2.89. The Morgan fingerprint density at radius 1 is 1.39 bits per heavy atom. The van der Waals surface area contributed by atoms with E-state index in [1.807, 2.05) is 39.0 Å². The molecule has 3 heteroatoms. The van der Waals surface area contributed by atoms with Crippen LogP contribution in [0.1, 0.15) is 43.7 Å². The van der Waals surface area contributed by atoms with Gasteiger partial charge in [-0.2, -0.15) is 0 Å². The summed E-state index contributed by atoms with van der Waals surface area (Å²) in [5, 5.41) is 2.99. The van der Waals surface area contributed by atoms with Crippen LogP contribution in [0.5, 0.6) is 0 Å². The van der Waals surface area contributed by atoms with Crippen molar-refractivity contribution in [3.63, 3.8) is 0 Å². The van der Waals surface area contributed by atoms with Gasteiger partial charge in [0.15, 0.2) is 0 Å². The molecule has 0 saturated heterocycles. The summed E-state index contributed by atoms with van der Waals surface area (Å²) in [4.78, 5) is 12.2. The Morgan fingerprint density at radius 2 is 2.11 bits per heavy atom. The lowest BCUT2D eigenvalue weighted by Crippen LogP contribution is -2.34. The number of aryl methyl sites for hydroxylation is 1. The summed E-state index contributed by atoms with van der Waals surface area (Å²) in [7, 11) is 0. The third-order valence-electron chi connectivity index (χ3n) is 2.89. The Bertz CT molecular complexity index is 388. The fourth-order valence-electron chi connectivity index (χ4n) is 2.04. The molecule has 0 bridgehead atoms. The van der Waals surface area contributed by atoms with Crippen LogP contribution in [-0.4, -0.2) is 18.5 Å². The highest BCUT2D eigenvalue weighted by molar-refractivity contribution is 5.83. The van der Waals surface area contributed by atoms with Crippen LogP contribution >= 0.6 is 0 Å². The number of hydrogen-bond donors (Lipinski definition) is 2. The van der Waals surface area contributed by atoms with Gasteiger partial charge in [0.05, 0.1) is 5.92 Å². The van der Waals surface area contributed by atoms with E-state index in [2.05, 4.69) is 11.4 Å². The van der Waals surface area contributed by atoms with Crippen molar-refractivity contribution in [2.45, 2.75) is 45.6 Å². The highest BCUT2D eigenvalue weighted by atomic mass is 16.1. The average molecular weight is 248 g/mol. The molecule has 1 aromatic rings. The Kier molecular flexibility index (Phi) is 5.86. The van der Waals surface area contributed by atoms with Crippen LogP contribution < -0.4 is 11.1 Å². The highest BCUT2D eigenvalue weighted by Gasteiger charge is 2.20. The topological polar surface area (TPSA) is 55.1 Å². The zero-order valence-electron chi connectivity index (χ0n) is 11.6. The van der Waals surface area contributed by atoms with Gasteiger partial charge in [0, 0.05) is 6.04 Å². The van der Waals surface area contributed by atoms with E-state index in [-0.39, 0.29) is 17.9 Å². The van der Waals surface area contributed by atoms with Gasteiger partial charge in [-0.1, -0.05) is 29.8 Å². The molecular formula is C15H24N2O. The van der Waals surface area contributed by atoms with Gasteiger partial charge in [-0.3, -0.25) is 4.79 Å². The number of nitrogens with two attached hydrogens (primary N) is 1. The average Bonchev–Trinajstić information content (AvgIpc) is 2.28. The smallest absolute Gasteiger partial charge is 0.227 e. The predicted molar refractivity (Wildman–Crippen MR) is 75.5 cm³/mol. The van der Waals surface area contributed by atoms with Crippen LogP contribution in [0.25, 0.3) is 0 Å². The van der Waals surface area contributed by atoms with E-state index in [9.17, 15) is 4.79 Å². The van der Waals surface area contributed by atoms with Crippen molar-refractivity contribution in [3.8, 4) is 0 Å². The molecule has 0 radical (unpaired) electrons. The number of rotatable bonds is 6. The first-order chi connectivity index (χ1) is 8.54. The largest absolute Gasteiger partial charge is 0.353 e. The van der Waals surface area contributed by atoms with Crippen LogP contribution in [0.2, 0.25) is 0 Å². The molecule has 1 amide bonds. The van der Waals surface area contributed by atoms with Crippen LogP contribution in [0.4, 0.5) is 0 Å². The number of carbonyl (C=O) groups excluding carboxylic acids is 1. The van der Waals surface area contributed by atoms with Gasteiger partial charge < -0.3 is 11.1 Å². The van der Waals surface area contributed by atoms with Crippen molar-refractivity contribution in [3.05, 3.63) is 35.4 Å². The Balaban J connectivity index is 2.86. The first-order valence-electron chi connectivity index (χ1n) is 6.61. The van der Waals surface area contributed by atoms with Gasteiger partial charge >= 0.3 is 0 Å². The fourth-order valence-corrected chi connectivity index (χ4v) is 2.04. The standard InChI is InChI=1S/C15H24N2O/c1-11(2)17-15(18)14(8-5-9-16)13-7-4-6-12(3)10-13/h4,6-7,10-11,14H,5,8-9,16H2,1-3H3,(H,17,18). The molecule has 3 nitrogen and oxygen atoms in total. The van der Waals surface area contributed by atoms with Crippen LogP contribution in [0.3, 0.4) is 0 Å². The summed E-state index contributed by atoms with van der Waals surface area (Å²) in [6.45, 7) is 6.63. The summed E-state index contributed by atoms with van der Waals surface area (Å²) in [5.41, 5.74) is 7.82. The lowest BCUT2D eigenvalue weighted by Gasteiger charge is -2.19. The molecular weight excluding hydrogens is 224 g/mol. The molecule has 0 fully saturated rings. The fraction of sp³-hybridized carbons (Fsp3) is 0.533. The molecule has 1 unspecified atom stereocenters. The van der Waals surface area contributed by atoms with Gasteiger partial charge in [0.2, 0.25) is 5.91 Å². The number of nitrogens with one attached hydrogen (secondary N) is 1. The van der Waals surface area contributed by atoms with Crippen LogP contribution in [-0.2, 0) is 4.79 Å². The minimum atomic E-state index is -0.0872. The van der Waals surface area contributed by atoms with E-state index in [0.29, 0.717) is 6.54 Å². The summed E-state index contributed by atoms with van der Waals surface area (Å²) in [5.74, 6) is 0.0138. The Hall–Kier alpha value is -1.35. The zero-order valence-corrected chi connectivity index (χ0v) is 11.6. The summed E-state index contributed by atoms with van der Waals surface area (Å²) < 4.78 is 0. The van der Waals surface area contributed by atoms with E-state index < -0.39 is 0 Å². The molecule has 3 N–H and O–H groups in total. The summed E-state index contributed by atoms with van der Waals surface area (Å²) >= 11 is 0. The second kappa shape index (κ2) is 7.17. The molecule has 0 aliphatic rings. The van der Waals surface area contributed by atoms with Crippen molar-refractivity contribution < 1.29 is 4.79 Å². The molecule has 0 heterocycles. The second-order valence-electron chi connectivity index (χ2n) is 5.06. The Morgan fingerprint density at radius 3 is 2.67 bits per heavy atom. The second-order valence-corrected chi connectivity index (χ2v) is 5.06. The van der Waals surface area contributed by atoms with Crippen molar-refractivity contribution in [2.75, 3.05) is 6.54 Å². The predicted octanol–water partition coefficient (Wildman–Crippen LogP) is 2.34. The monoisotopic (exact) mass is 248 g/mol. The number of amides is 1. The third kappa shape index (κ3) is 4.49. The maximum Gasteiger partial charge on any atom is 0.227 e. The van der Waals surface area contributed by atoms with E-state index in [1.165, 1.54) is 5.56 Å². The molecule has 1 aromatic carbocycles. The normalized spacial score (nSPS) is 12.5. The maximum atomic E-state index is 12.2. The molecule has 18 heavy (non-hydrogen) atoms. The van der Waals surface area contributed by atoms with E-state index in [1.54, 1.807) is 0 Å². The molecule has 0 saturated carbocycles. The lowest BCUT2D eigenvalue weighted by molar-refractivity contribution is -0.123. The maximum absolute atomic E-state index is 12.2. The van der Waals surface area contributed by atoms with E-state index in [4.69, 9.17) is 5.73 Å². The van der Waals surface area contributed by atoms with Gasteiger partial charge in [0.25, 0.3) is 0 Å². The zero-order chi connectivity index (χ0) is 13.5. The van der Waals surface area contributed by atoms with Gasteiger partial charge in [0.1, 0.15) is 0 Å². The highest BCUT2D eigenvalue weighted by Crippen LogP contribution is 2.22. The van der Waals surface area contributed by atoms with E-state index >= 15 is 0 Å². The van der Waals surface area contributed by atoms with Crippen LogP contribution in [0.15, 0.2) is 24.3 Å². The summed E-state index contributed by atoms with van der Waals surface area (Å²) in [6.07, 6.45) is 1.67. The molecule has 0 aromatic heterocycles. The van der Waals surface area contributed by atoms with E-state index in [0.717, 1.165) is 18.4 Å². The first-order valence-corrected chi connectivity index (χ1v) is 6.61. The van der Waals surface area contributed by atoms with Gasteiger partial charge in [-0.15, -0.1) is 0 Å². The van der Waals surface area contributed by atoms with Crippen molar-refractivity contribution >= 4 is 5.91 Å². The quantitative estimate of drug-likeness (QED) is 0.812. The van der Waals surface area contributed by atoms with Crippen molar-refractivity contribution in [2.24, 2.45) is 5.73 Å². The number of benzene rings is 1. The van der Waals surface area contributed by atoms with Gasteiger partial charge in [-0.05, 0) is 45.7 Å². The molecule has 1 atom stereocenters.